The molecule has 11 heteroatoms. The van der Waals surface area contributed by atoms with Crippen molar-refractivity contribution < 1.29 is 13.2 Å². The van der Waals surface area contributed by atoms with Gasteiger partial charge in [0, 0.05) is 27.1 Å². The van der Waals surface area contributed by atoms with Gasteiger partial charge in [-0.25, -0.2) is 4.21 Å². The molecule has 0 bridgehead atoms. The number of nitrogens with zero attached hydrogens (tertiary/aromatic N) is 4. The minimum absolute atomic E-state index is 0.0357. The first kappa shape index (κ1) is 25.5. The number of halogens is 2. The summed E-state index contributed by atoms with van der Waals surface area (Å²) in [6, 6.07) is 14.5. The van der Waals surface area contributed by atoms with Gasteiger partial charge in [-0.1, -0.05) is 36.7 Å². The maximum atomic E-state index is 13.5. The van der Waals surface area contributed by atoms with Gasteiger partial charge < -0.3 is 9.64 Å². The van der Waals surface area contributed by atoms with Gasteiger partial charge in [0.25, 0.3) is 0 Å². The number of hydrogen-bond acceptors (Lipinski definition) is 5. The van der Waals surface area contributed by atoms with Crippen LogP contribution in [0.3, 0.4) is 0 Å². The Morgan fingerprint density at radius 2 is 1.97 bits per heavy atom. The van der Waals surface area contributed by atoms with Crippen molar-refractivity contribution in [1.82, 2.24) is 14.1 Å². The lowest BCUT2D eigenvalue weighted by Gasteiger charge is -2.22. The van der Waals surface area contributed by atoms with Crippen LogP contribution in [0.2, 0.25) is 5.02 Å². The molecule has 1 aromatic heterocycles. The molecule has 1 unspecified atom stereocenters. The molecule has 0 spiro atoms. The lowest BCUT2D eigenvalue weighted by Crippen LogP contribution is -2.33. The molecule has 5 rings (SSSR count). The Kier molecular flexibility index (Phi) is 7.05. The van der Waals surface area contributed by atoms with Crippen LogP contribution in [0.25, 0.3) is 5.69 Å². The summed E-state index contributed by atoms with van der Waals surface area (Å²) < 4.78 is 34.1. The number of ether oxygens (including phenoxy) is 1. The molecule has 1 N–H and O–H groups in total. The predicted octanol–water partition coefficient (Wildman–Crippen LogP) is 4.44. The average Bonchev–Trinajstić information content (AvgIpc) is 3.35. The van der Waals surface area contributed by atoms with Crippen molar-refractivity contribution in [1.29, 1.82) is 0 Å². The number of anilines is 1. The first-order valence-electron chi connectivity index (χ1n) is 11.6. The van der Waals surface area contributed by atoms with E-state index in [4.69, 9.17) is 16.3 Å². The molecule has 1 atom stereocenters. The Balaban J connectivity index is 1.43. The normalized spacial score (nSPS) is 18.7. The zero-order valence-electron chi connectivity index (χ0n) is 19.8. The number of hydrogen-bond donors (Lipinski definition) is 0. The maximum absolute atomic E-state index is 13.5. The molecule has 1 aliphatic heterocycles. The van der Waals surface area contributed by atoms with Crippen molar-refractivity contribution in [2.45, 2.75) is 25.5 Å². The first-order chi connectivity index (χ1) is 17.1. The van der Waals surface area contributed by atoms with E-state index in [1.807, 2.05) is 29.2 Å². The number of aromatic nitrogens is 2. The molecule has 2 heterocycles. The second-order valence-electron chi connectivity index (χ2n) is 9.65. The monoisotopic (exact) mass is 641 g/mol. The maximum Gasteiger partial charge on any atom is 0.351 e. The lowest BCUT2D eigenvalue weighted by atomic mass is 10.2. The molecular weight excluding hydrogens is 615 g/mol. The van der Waals surface area contributed by atoms with Gasteiger partial charge in [-0.05, 0) is 71.3 Å². The second-order valence-corrected chi connectivity index (χ2v) is 13.3. The highest BCUT2D eigenvalue weighted by Crippen LogP contribution is 2.45. The van der Waals surface area contributed by atoms with Crippen LogP contribution in [0.5, 0.6) is 5.75 Å². The van der Waals surface area contributed by atoms with Crippen LogP contribution < -0.4 is 15.2 Å². The Morgan fingerprint density at radius 1 is 1.19 bits per heavy atom. The average molecular weight is 642 g/mol. The molecule has 190 valence electrons. The Labute approximate surface area is 229 Å². The van der Waals surface area contributed by atoms with Gasteiger partial charge in [-0.2, -0.15) is 14.0 Å². The van der Waals surface area contributed by atoms with Gasteiger partial charge in [-0.15, -0.1) is 4.31 Å². The molecule has 0 radical (unpaired) electrons. The van der Waals surface area contributed by atoms with E-state index >= 15 is 0 Å². The zero-order valence-corrected chi connectivity index (χ0v) is 23.5. The third-order valence-corrected chi connectivity index (χ3v) is 9.29. The molecule has 1 aliphatic carbocycles. The molecule has 2 fully saturated rings. The summed E-state index contributed by atoms with van der Waals surface area (Å²) in [6.07, 6.45) is 3.70. The van der Waals surface area contributed by atoms with E-state index in [-0.39, 0.29) is 29.1 Å². The third kappa shape index (κ3) is 5.56. The van der Waals surface area contributed by atoms with Crippen LogP contribution in [0.1, 0.15) is 25.3 Å². The minimum Gasteiger partial charge on any atom is -0.486 e. The molecule has 0 amide bonds. The highest BCUT2D eigenvalue weighted by Gasteiger charge is 2.40. The fourth-order valence-electron chi connectivity index (χ4n) is 4.11. The molecule has 3 aromatic rings. The van der Waals surface area contributed by atoms with Crippen molar-refractivity contribution in [3.63, 3.8) is 0 Å². The largest absolute Gasteiger partial charge is 0.486 e. The van der Waals surface area contributed by atoms with Gasteiger partial charge in [0.15, 0.2) is 0 Å². The van der Waals surface area contributed by atoms with Crippen molar-refractivity contribution in [3.05, 3.63) is 79.2 Å². The van der Waals surface area contributed by atoms with Gasteiger partial charge in [0.2, 0.25) is 5.75 Å². The molecule has 8 nitrogen and oxygen atoms in total. The molecule has 2 aliphatic rings. The summed E-state index contributed by atoms with van der Waals surface area (Å²) in [4.78, 5) is 15.4. The predicted molar refractivity (Wildman–Crippen MR) is 150 cm³/mol. The van der Waals surface area contributed by atoms with Gasteiger partial charge in [0.05, 0.1) is 25.2 Å². The standard InChI is InChI=1S/C25H26ClIN4O4S/c1-25(8-9-25)16-35-23-22(14-28-31(24(23)32)21-7-3-5-19(26)13-21)29-10-11-30(17-29)36(33,34)15-18-4-2-6-20(27)12-18/h2-7,12-14H,8-11,15-17H2,1H3/p+1. The van der Waals surface area contributed by atoms with Crippen LogP contribution in [0.4, 0.5) is 5.69 Å². The van der Waals surface area contributed by atoms with E-state index in [0.717, 1.165) is 22.0 Å². The van der Waals surface area contributed by atoms with E-state index < -0.39 is 10.0 Å². The number of rotatable bonds is 8. The molecule has 1 saturated heterocycles. The molecule has 36 heavy (non-hydrogen) atoms. The van der Waals surface area contributed by atoms with Crippen molar-refractivity contribution in [2.75, 3.05) is 31.3 Å². The Morgan fingerprint density at radius 3 is 2.69 bits per heavy atom. The van der Waals surface area contributed by atoms with Gasteiger partial charge in [-0.3, -0.25) is 4.79 Å². The zero-order chi connectivity index (χ0) is 25.5. The van der Waals surface area contributed by atoms with Crippen LogP contribution in [0, 0.1) is 8.99 Å². The Bertz CT molecular complexity index is 1460. The second kappa shape index (κ2) is 9.96. The summed E-state index contributed by atoms with van der Waals surface area (Å²) in [6.45, 7) is 3.60. The van der Waals surface area contributed by atoms with Crippen LogP contribution in [0.15, 0.2) is 59.5 Å². The van der Waals surface area contributed by atoms with E-state index in [2.05, 4.69) is 34.6 Å². The van der Waals surface area contributed by atoms with E-state index in [1.54, 1.807) is 34.8 Å². The quantitative estimate of drug-likeness (QED) is 0.268. The summed E-state index contributed by atoms with van der Waals surface area (Å²) in [5.74, 6) is 0.232. The van der Waals surface area contributed by atoms with E-state index in [9.17, 15) is 13.2 Å². The topological polar surface area (TPSA) is 89.1 Å². The van der Waals surface area contributed by atoms with Gasteiger partial charge in [0.1, 0.15) is 11.4 Å². The molecule has 1 saturated carbocycles. The summed E-state index contributed by atoms with van der Waals surface area (Å²) in [5.41, 5.74) is 1.55. The highest BCUT2D eigenvalue weighted by atomic mass is 127. The van der Waals surface area contributed by atoms with Crippen molar-refractivity contribution in [3.8, 4) is 11.4 Å². The van der Waals surface area contributed by atoms with Crippen LogP contribution in [-0.2, 0) is 15.8 Å². The summed E-state index contributed by atoms with van der Waals surface area (Å²) >= 11 is 8.33. The minimum atomic E-state index is -3.30. The van der Waals surface area contributed by atoms with E-state index in [0.29, 0.717) is 36.1 Å². The SMILES string of the molecule is CC1(COc2c(N3CCN(S(=O)(=[OH+])Cc4cccc(I)c4)C3)cnn(-c3cccc(Cl)c3)c2=O)CC1. The first-order valence-corrected chi connectivity index (χ1v) is 14.7. The molecule has 2 aromatic carbocycles. The summed E-state index contributed by atoms with van der Waals surface area (Å²) in [7, 11) is -3.30. The third-order valence-electron chi connectivity index (χ3n) is 6.57. The number of benzene rings is 2. The van der Waals surface area contributed by atoms with E-state index in [1.165, 1.54) is 4.68 Å². The lowest BCUT2D eigenvalue weighted by molar-refractivity contribution is 0.243. The highest BCUT2D eigenvalue weighted by molar-refractivity contribution is 14.1. The smallest absolute Gasteiger partial charge is 0.351 e. The molecular formula is C25H27ClIN4O4S+. The fraction of sp³-hybridized carbons (Fsp3) is 0.360. The van der Waals surface area contributed by atoms with Gasteiger partial charge >= 0.3 is 15.6 Å². The summed E-state index contributed by atoms with van der Waals surface area (Å²) in [5, 5.41) is 4.89. The van der Waals surface area contributed by atoms with Crippen LogP contribution in [-0.4, -0.2) is 48.9 Å². The van der Waals surface area contributed by atoms with Crippen LogP contribution >= 0.6 is 34.2 Å². The fourth-order valence-corrected chi connectivity index (χ4v) is 6.39. The Hall–Kier alpha value is -2.15. The van der Waals surface area contributed by atoms with Crippen molar-refractivity contribution >= 4 is 49.9 Å². The van der Waals surface area contributed by atoms with Crippen molar-refractivity contribution in [2.24, 2.45) is 5.41 Å².